The van der Waals surface area contributed by atoms with E-state index in [1.54, 1.807) is 0 Å². The first-order valence-electron chi connectivity index (χ1n) is 3.24. The quantitative estimate of drug-likeness (QED) is 0.361. The van der Waals surface area contributed by atoms with Crippen LogP contribution in [0.2, 0.25) is 0 Å². The van der Waals surface area contributed by atoms with Crippen molar-refractivity contribution in [2.75, 3.05) is 0 Å². The molecule has 0 aliphatic carbocycles. The highest BCUT2D eigenvalue weighted by Crippen LogP contribution is 2.35. The third kappa shape index (κ3) is 0.563. The summed E-state index contributed by atoms with van der Waals surface area (Å²) in [6.45, 7) is 7.03. The summed E-state index contributed by atoms with van der Waals surface area (Å²) in [6, 6.07) is 0. The molecule has 2 aliphatic rings. The summed E-state index contributed by atoms with van der Waals surface area (Å²) >= 11 is 0. The van der Waals surface area contributed by atoms with E-state index >= 15 is 0 Å². The molecule has 2 bridgehead atoms. The van der Waals surface area contributed by atoms with E-state index in [9.17, 15) is 9.59 Å². The third-order valence-electron chi connectivity index (χ3n) is 2.01. The minimum atomic E-state index is -0.917. The van der Waals surface area contributed by atoms with Gasteiger partial charge in [-0.1, -0.05) is 13.2 Å². The highest BCUT2D eigenvalue weighted by molar-refractivity contribution is 6.25. The van der Waals surface area contributed by atoms with Crippen LogP contribution in [-0.4, -0.2) is 23.8 Å². The van der Waals surface area contributed by atoms with Crippen LogP contribution in [0.25, 0.3) is 0 Å². The zero-order valence-corrected chi connectivity index (χ0v) is 5.79. The van der Waals surface area contributed by atoms with Gasteiger partial charge in [-0.05, 0) is 0 Å². The molecule has 56 valence electrons. The smallest absolute Gasteiger partial charge is 0.197 e. The largest absolute Gasteiger partial charge is 0.349 e. The van der Waals surface area contributed by atoms with Gasteiger partial charge in [-0.25, -0.2) is 0 Å². The summed E-state index contributed by atoms with van der Waals surface area (Å²) in [5, 5.41) is 0. The SMILES string of the molecule is C=C1C(=O)C2OC1C(=C)C2=O. The molecule has 2 aliphatic heterocycles. The van der Waals surface area contributed by atoms with Crippen molar-refractivity contribution >= 4 is 11.6 Å². The highest BCUT2D eigenvalue weighted by Gasteiger charge is 2.51. The third-order valence-corrected chi connectivity index (χ3v) is 2.01. The number of ketones is 2. The molecular formula is C8H6O3. The maximum absolute atomic E-state index is 11.0. The van der Waals surface area contributed by atoms with Gasteiger partial charge in [-0.2, -0.15) is 0 Å². The summed E-state index contributed by atoms with van der Waals surface area (Å²) < 4.78 is 5.02. The molecule has 2 saturated heterocycles. The normalized spacial score (nSPS) is 35.6. The highest BCUT2D eigenvalue weighted by atomic mass is 16.5. The number of carbonyl (C=O) groups excluding carboxylic acids is 2. The number of carbonyl (C=O) groups is 2. The fraction of sp³-hybridized carbons (Fsp3) is 0.250. The lowest BCUT2D eigenvalue weighted by Gasteiger charge is -2.07. The molecule has 0 aromatic rings. The Labute approximate surface area is 63.3 Å². The minimum Gasteiger partial charge on any atom is -0.349 e. The van der Waals surface area contributed by atoms with Gasteiger partial charge in [0.1, 0.15) is 6.10 Å². The van der Waals surface area contributed by atoms with Crippen molar-refractivity contribution < 1.29 is 14.3 Å². The molecule has 2 fully saturated rings. The van der Waals surface area contributed by atoms with Gasteiger partial charge in [0.2, 0.25) is 0 Å². The predicted octanol–water partition coefficient (Wildman–Crippen LogP) is 0.0180. The Hall–Kier alpha value is -1.22. The molecule has 0 atom stereocenters. The van der Waals surface area contributed by atoms with E-state index < -0.39 is 12.2 Å². The molecule has 3 nitrogen and oxygen atoms in total. The number of fused-ring (bicyclic) bond motifs is 2. The van der Waals surface area contributed by atoms with E-state index in [-0.39, 0.29) is 11.6 Å². The maximum atomic E-state index is 11.0. The zero-order valence-electron chi connectivity index (χ0n) is 5.79. The second kappa shape index (κ2) is 1.68. The van der Waals surface area contributed by atoms with Crippen molar-refractivity contribution in [2.45, 2.75) is 12.2 Å². The molecule has 3 heteroatoms. The minimum absolute atomic E-state index is 0.285. The average Bonchev–Trinajstić information content (AvgIpc) is 2.40. The van der Waals surface area contributed by atoms with Crippen LogP contribution in [-0.2, 0) is 14.3 Å². The number of ether oxygens (including phenoxy) is 1. The molecule has 0 amide bonds. The first kappa shape index (κ1) is 6.49. The summed E-state index contributed by atoms with van der Waals surface area (Å²) in [6.07, 6.45) is -1.44. The Balaban J connectivity index is 2.50. The number of rotatable bonds is 0. The molecular weight excluding hydrogens is 144 g/mol. The molecule has 0 spiro atoms. The van der Waals surface area contributed by atoms with Crippen LogP contribution >= 0.6 is 0 Å². The zero-order chi connectivity index (χ0) is 8.17. The van der Waals surface area contributed by atoms with Gasteiger partial charge >= 0.3 is 0 Å². The molecule has 0 radical (unpaired) electrons. The van der Waals surface area contributed by atoms with Crippen LogP contribution in [0.1, 0.15) is 0 Å². The van der Waals surface area contributed by atoms with Crippen LogP contribution in [0.5, 0.6) is 0 Å². The second-order valence-electron chi connectivity index (χ2n) is 2.68. The topological polar surface area (TPSA) is 43.4 Å². The van der Waals surface area contributed by atoms with E-state index in [0.29, 0.717) is 11.1 Å². The van der Waals surface area contributed by atoms with Crippen molar-refractivity contribution in [1.29, 1.82) is 0 Å². The van der Waals surface area contributed by atoms with Gasteiger partial charge in [0.15, 0.2) is 17.7 Å². The molecule has 11 heavy (non-hydrogen) atoms. The fourth-order valence-corrected chi connectivity index (χ4v) is 1.35. The predicted molar refractivity (Wildman–Crippen MR) is 37.0 cm³/mol. The molecule has 0 unspecified atom stereocenters. The first-order valence-corrected chi connectivity index (χ1v) is 3.24. The van der Waals surface area contributed by atoms with Crippen LogP contribution < -0.4 is 0 Å². The lowest BCUT2D eigenvalue weighted by atomic mass is 9.90. The van der Waals surface area contributed by atoms with Crippen LogP contribution in [0.3, 0.4) is 0 Å². The van der Waals surface area contributed by atoms with Gasteiger partial charge in [0.25, 0.3) is 0 Å². The molecule has 0 N–H and O–H groups in total. The van der Waals surface area contributed by atoms with Gasteiger partial charge in [-0.15, -0.1) is 0 Å². The Morgan fingerprint density at radius 3 is 1.73 bits per heavy atom. The summed E-state index contributed by atoms with van der Waals surface area (Å²) in [5.74, 6) is -0.570. The summed E-state index contributed by atoms with van der Waals surface area (Å²) in [5.41, 5.74) is 0.721. The van der Waals surface area contributed by atoms with Crippen LogP contribution in [0.15, 0.2) is 24.3 Å². The van der Waals surface area contributed by atoms with E-state index in [2.05, 4.69) is 13.2 Å². The Kier molecular flexibility index (Phi) is 0.991. The van der Waals surface area contributed by atoms with E-state index in [0.717, 1.165) is 0 Å². The molecule has 2 heterocycles. The first-order chi connectivity index (χ1) is 5.13. The standard InChI is InChI=1S/C8H6O3/c1-3-5(9)8-6(10)4(2)7(3)11-8/h7-8H,1-2H2. The fourth-order valence-electron chi connectivity index (χ4n) is 1.35. The van der Waals surface area contributed by atoms with Crippen LogP contribution in [0, 0.1) is 0 Å². The van der Waals surface area contributed by atoms with Gasteiger partial charge < -0.3 is 4.74 Å². The lowest BCUT2D eigenvalue weighted by molar-refractivity contribution is -0.129. The van der Waals surface area contributed by atoms with Gasteiger partial charge in [0.05, 0.1) is 0 Å². The van der Waals surface area contributed by atoms with Crippen molar-refractivity contribution in [2.24, 2.45) is 0 Å². The van der Waals surface area contributed by atoms with Crippen LogP contribution in [0.4, 0.5) is 0 Å². The Morgan fingerprint density at radius 1 is 1.00 bits per heavy atom. The lowest BCUT2D eigenvalue weighted by Crippen LogP contribution is -2.28. The number of Topliss-reactive ketones (excluding diaryl/α,β-unsaturated/α-hetero) is 2. The number of hydrogen-bond donors (Lipinski definition) is 0. The van der Waals surface area contributed by atoms with Crippen molar-refractivity contribution in [3.8, 4) is 0 Å². The number of hydrogen-bond acceptors (Lipinski definition) is 3. The second-order valence-corrected chi connectivity index (χ2v) is 2.68. The van der Waals surface area contributed by atoms with E-state index in [1.807, 2.05) is 0 Å². The monoisotopic (exact) mass is 150 g/mol. The summed E-state index contributed by atoms with van der Waals surface area (Å²) in [7, 11) is 0. The molecule has 2 rings (SSSR count). The van der Waals surface area contributed by atoms with Crippen molar-refractivity contribution in [3.63, 3.8) is 0 Å². The Bertz CT molecular complexity index is 242. The summed E-state index contributed by atoms with van der Waals surface area (Å²) in [4.78, 5) is 22.1. The average molecular weight is 150 g/mol. The molecule has 0 saturated carbocycles. The van der Waals surface area contributed by atoms with E-state index in [4.69, 9.17) is 4.74 Å². The van der Waals surface area contributed by atoms with E-state index in [1.165, 1.54) is 0 Å². The Morgan fingerprint density at radius 2 is 1.45 bits per heavy atom. The maximum Gasteiger partial charge on any atom is 0.197 e. The van der Waals surface area contributed by atoms with Crippen molar-refractivity contribution in [3.05, 3.63) is 24.3 Å². The van der Waals surface area contributed by atoms with Gasteiger partial charge in [-0.3, -0.25) is 9.59 Å². The molecule has 0 aromatic heterocycles. The molecule has 0 aromatic carbocycles. The van der Waals surface area contributed by atoms with Crippen molar-refractivity contribution in [1.82, 2.24) is 0 Å². The van der Waals surface area contributed by atoms with Gasteiger partial charge in [0, 0.05) is 11.1 Å².